The smallest absolute Gasteiger partial charge is 0.416 e. The van der Waals surface area contributed by atoms with Crippen molar-refractivity contribution in [2.75, 3.05) is 7.11 Å². The summed E-state index contributed by atoms with van der Waals surface area (Å²) in [6.07, 6.45) is -4.65. The maximum Gasteiger partial charge on any atom is 0.416 e. The quantitative estimate of drug-likeness (QED) is 0.630. The van der Waals surface area contributed by atoms with Crippen LogP contribution in [0.2, 0.25) is 0 Å². The number of hydrogen-bond acceptors (Lipinski definition) is 2. The van der Waals surface area contributed by atoms with Gasteiger partial charge in [-0.1, -0.05) is 12.1 Å². The normalized spacial score (nSPS) is 11.3. The van der Waals surface area contributed by atoms with Gasteiger partial charge >= 0.3 is 6.18 Å². The number of carbonyl (C=O) groups is 1. The lowest BCUT2D eigenvalue weighted by atomic mass is 10.00. The number of ketones is 1. The molecule has 0 saturated heterocycles. The fourth-order valence-electron chi connectivity index (χ4n) is 1.85. The highest BCUT2D eigenvalue weighted by atomic mass is 19.4. The van der Waals surface area contributed by atoms with Crippen molar-refractivity contribution in [1.29, 1.82) is 0 Å². The molecule has 2 aromatic rings. The standard InChI is InChI=1S/C15H10F4O2/c1-21-13-5-3-2-4-10(13)14(20)11-8-9(15(17,18)19)6-7-12(11)16/h2-8H,1H3. The monoisotopic (exact) mass is 298 g/mol. The van der Waals surface area contributed by atoms with Crippen LogP contribution in [0.1, 0.15) is 21.5 Å². The number of para-hydroxylation sites is 1. The summed E-state index contributed by atoms with van der Waals surface area (Å²) < 4.78 is 56.6. The molecule has 0 atom stereocenters. The average Bonchev–Trinajstić information content (AvgIpc) is 2.45. The Balaban J connectivity index is 2.53. The van der Waals surface area contributed by atoms with E-state index in [0.29, 0.717) is 18.2 Å². The van der Waals surface area contributed by atoms with Gasteiger partial charge in [0.15, 0.2) is 5.78 Å². The van der Waals surface area contributed by atoms with Crippen LogP contribution >= 0.6 is 0 Å². The molecule has 0 heterocycles. The number of methoxy groups -OCH3 is 1. The number of alkyl halides is 3. The Morgan fingerprint density at radius 3 is 2.33 bits per heavy atom. The summed E-state index contributed by atoms with van der Waals surface area (Å²) in [5.74, 6) is -1.71. The zero-order valence-electron chi connectivity index (χ0n) is 10.9. The molecule has 21 heavy (non-hydrogen) atoms. The topological polar surface area (TPSA) is 26.3 Å². The zero-order valence-corrected chi connectivity index (χ0v) is 10.9. The predicted octanol–water partition coefficient (Wildman–Crippen LogP) is 4.08. The van der Waals surface area contributed by atoms with E-state index in [1.165, 1.54) is 25.3 Å². The second-order valence-corrected chi connectivity index (χ2v) is 4.22. The minimum atomic E-state index is -4.65. The Hall–Kier alpha value is -2.37. The second-order valence-electron chi connectivity index (χ2n) is 4.22. The highest BCUT2D eigenvalue weighted by Crippen LogP contribution is 2.31. The molecular weight excluding hydrogens is 288 g/mol. The number of rotatable bonds is 3. The molecule has 0 amide bonds. The molecule has 0 saturated carbocycles. The first kappa shape index (κ1) is 15.0. The number of benzene rings is 2. The number of halogens is 4. The predicted molar refractivity (Wildman–Crippen MR) is 67.8 cm³/mol. The third kappa shape index (κ3) is 3.04. The summed E-state index contributed by atoms with van der Waals surface area (Å²) in [7, 11) is 1.31. The highest BCUT2D eigenvalue weighted by Gasteiger charge is 2.32. The Morgan fingerprint density at radius 2 is 1.71 bits per heavy atom. The van der Waals surface area contributed by atoms with Crippen molar-refractivity contribution in [1.82, 2.24) is 0 Å². The number of hydrogen-bond donors (Lipinski definition) is 0. The molecule has 0 unspecified atom stereocenters. The van der Waals surface area contributed by atoms with Gasteiger partial charge in [-0.25, -0.2) is 4.39 Å². The van der Waals surface area contributed by atoms with Crippen LogP contribution in [0.3, 0.4) is 0 Å². The summed E-state index contributed by atoms with van der Waals surface area (Å²) in [6.45, 7) is 0. The fraction of sp³-hybridized carbons (Fsp3) is 0.133. The van der Waals surface area contributed by atoms with Gasteiger partial charge in [0.05, 0.1) is 23.8 Å². The molecule has 2 nitrogen and oxygen atoms in total. The van der Waals surface area contributed by atoms with Gasteiger partial charge in [-0.2, -0.15) is 13.2 Å². The van der Waals surface area contributed by atoms with Crippen LogP contribution in [0.25, 0.3) is 0 Å². The van der Waals surface area contributed by atoms with E-state index in [2.05, 4.69) is 0 Å². The van der Waals surface area contributed by atoms with E-state index in [9.17, 15) is 22.4 Å². The lowest BCUT2D eigenvalue weighted by Gasteiger charge is -2.11. The second kappa shape index (κ2) is 5.55. The van der Waals surface area contributed by atoms with Crippen molar-refractivity contribution in [2.45, 2.75) is 6.18 Å². The molecule has 0 aliphatic heterocycles. The summed E-state index contributed by atoms with van der Waals surface area (Å²) in [5, 5.41) is 0. The minimum absolute atomic E-state index is 0.00164. The molecule has 0 spiro atoms. The van der Waals surface area contributed by atoms with Crippen LogP contribution in [0.15, 0.2) is 42.5 Å². The SMILES string of the molecule is COc1ccccc1C(=O)c1cc(C(F)(F)F)ccc1F. The van der Waals surface area contributed by atoms with Crippen LogP contribution in [-0.4, -0.2) is 12.9 Å². The van der Waals surface area contributed by atoms with Crippen LogP contribution in [0, 0.1) is 5.82 Å². The fourth-order valence-corrected chi connectivity index (χ4v) is 1.85. The lowest BCUT2D eigenvalue weighted by molar-refractivity contribution is -0.137. The number of carbonyl (C=O) groups excluding carboxylic acids is 1. The molecule has 2 rings (SSSR count). The van der Waals surface area contributed by atoms with Gasteiger partial charge in [-0.05, 0) is 30.3 Å². The Labute approximate surface area is 118 Å². The van der Waals surface area contributed by atoms with Crippen molar-refractivity contribution < 1.29 is 27.1 Å². The van der Waals surface area contributed by atoms with Crippen LogP contribution in [0.4, 0.5) is 17.6 Å². The van der Waals surface area contributed by atoms with Crippen molar-refractivity contribution in [3.63, 3.8) is 0 Å². The molecule has 0 aliphatic rings. The molecular formula is C15H10F4O2. The van der Waals surface area contributed by atoms with Crippen molar-refractivity contribution in [2.24, 2.45) is 0 Å². The molecule has 2 aromatic carbocycles. The van der Waals surface area contributed by atoms with Crippen molar-refractivity contribution >= 4 is 5.78 Å². The minimum Gasteiger partial charge on any atom is -0.496 e. The van der Waals surface area contributed by atoms with Gasteiger partial charge in [-0.3, -0.25) is 4.79 Å². The average molecular weight is 298 g/mol. The Bertz CT molecular complexity index is 678. The first-order valence-electron chi connectivity index (χ1n) is 5.89. The molecule has 0 N–H and O–H groups in total. The van der Waals surface area contributed by atoms with Gasteiger partial charge < -0.3 is 4.74 Å². The van der Waals surface area contributed by atoms with Gasteiger partial charge in [0, 0.05) is 0 Å². The summed E-state index contributed by atoms with van der Waals surface area (Å²) in [5.41, 5.74) is -1.73. The Kier molecular flexibility index (Phi) is 3.97. The van der Waals surface area contributed by atoms with E-state index in [-0.39, 0.29) is 11.3 Å². The van der Waals surface area contributed by atoms with Gasteiger partial charge in [0.1, 0.15) is 11.6 Å². The summed E-state index contributed by atoms with van der Waals surface area (Å²) in [6, 6.07) is 7.67. The molecule has 0 aromatic heterocycles. The van der Waals surface area contributed by atoms with Crippen LogP contribution < -0.4 is 4.74 Å². The zero-order chi connectivity index (χ0) is 15.6. The van der Waals surface area contributed by atoms with E-state index in [1.54, 1.807) is 6.07 Å². The third-order valence-corrected chi connectivity index (χ3v) is 2.89. The summed E-state index contributed by atoms with van der Waals surface area (Å²) in [4.78, 5) is 12.2. The Morgan fingerprint density at radius 1 is 1.05 bits per heavy atom. The molecule has 110 valence electrons. The highest BCUT2D eigenvalue weighted by molar-refractivity contribution is 6.11. The first-order valence-corrected chi connectivity index (χ1v) is 5.89. The summed E-state index contributed by atoms with van der Waals surface area (Å²) >= 11 is 0. The molecule has 0 radical (unpaired) electrons. The molecule has 0 aliphatic carbocycles. The van der Waals surface area contributed by atoms with Crippen LogP contribution in [-0.2, 0) is 6.18 Å². The van der Waals surface area contributed by atoms with E-state index in [0.717, 1.165) is 0 Å². The van der Waals surface area contributed by atoms with Gasteiger partial charge in [0.25, 0.3) is 0 Å². The maximum absolute atomic E-state index is 13.7. The van der Waals surface area contributed by atoms with Gasteiger partial charge in [-0.15, -0.1) is 0 Å². The molecule has 0 bridgehead atoms. The lowest BCUT2D eigenvalue weighted by Crippen LogP contribution is -2.11. The first-order chi connectivity index (χ1) is 9.84. The van der Waals surface area contributed by atoms with E-state index in [4.69, 9.17) is 4.74 Å². The largest absolute Gasteiger partial charge is 0.496 e. The molecule has 6 heteroatoms. The number of ether oxygens (including phenoxy) is 1. The molecule has 0 fully saturated rings. The van der Waals surface area contributed by atoms with Crippen molar-refractivity contribution in [3.8, 4) is 5.75 Å². The third-order valence-electron chi connectivity index (χ3n) is 2.89. The van der Waals surface area contributed by atoms with E-state index >= 15 is 0 Å². The van der Waals surface area contributed by atoms with Crippen molar-refractivity contribution in [3.05, 3.63) is 65.0 Å². The maximum atomic E-state index is 13.7. The van der Waals surface area contributed by atoms with Gasteiger partial charge in [0.2, 0.25) is 0 Å². The van der Waals surface area contributed by atoms with E-state index in [1.807, 2.05) is 0 Å². The van der Waals surface area contributed by atoms with Crippen LogP contribution in [0.5, 0.6) is 5.75 Å². The van der Waals surface area contributed by atoms with E-state index < -0.39 is 28.9 Å².